The number of fused-ring (bicyclic) bond motifs is 4. The quantitative estimate of drug-likeness (QED) is 0.144. The Balaban J connectivity index is 1.44. The van der Waals surface area contributed by atoms with Crippen molar-refractivity contribution in [3.8, 4) is 0 Å². The van der Waals surface area contributed by atoms with Gasteiger partial charge in [0.05, 0.1) is 0 Å². The van der Waals surface area contributed by atoms with Crippen LogP contribution < -0.4 is 0 Å². The summed E-state index contributed by atoms with van der Waals surface area (Å²) in [7, 11) is 0. The summed E-state index contributed by atoms with van der Waals surface area (Å²) in [6, 6.07) is 19.3. The number of aryl methyl sites for hydroxylation is 2. The van der Waals surface area contributed by atoms with Crippen LogP contribution in [0.5, 0.6) is 0 Å². The lowest BCUT2D eigenvalue weighted by atomic mass is 10.0. The van der Waals surface area contributed by atoms with Crippen molar-refractivity contribution in [2.45, 2.75) is 78.1 Å². The first-order valence-corrected chi connectivity index (χ1v) is 14.2. The molecule has 0 fully saturated rings. The lowest BCUT2D eigenvalue weighted by Crippen LogP contribution is -1.80. The number of hydrogen-bond acceptors (Lipinski definition) is 2. The minimum Gasteiger partial charge on any atom is -0.140 e. The molecule has 166 valence electrons. The molecular formula is C30H34S2. The highest BCUT2D eigenvalue weighted by Crippen LogP contribution is 2.36. The molecule has 0 radical (unpaired) electrons. The predicted octanol–water partition coefficient (Wildman–Crippen LogP) is 10.7. The Bertz CT molecular complexity index is 1160. The van der Waals surface area contributed by atoms with Gasteiger partial charge < -0.3 is 0 Å². The molecule has 0 amide bonds. The van der Waals surface area contributed by atoms with E-state index in [0.29, 0.717) is 0 Å². The van der Waals surface area contributed by atoms with Crippen LogP contribution in [0.2, 0.25) is 0 Å². The molecule has 2 heterocycles. The first-order chi connectivity index (χ1) is 15.7. The van der Waals surface area contributed by atoms with E-state index in [1.54, 1.807) is 9.75 Å². The van der Waals surface area contributed by atoms with Gasteiger partial charge in [-0.2, -0.15) is 0 Å². The van der Waals surface area contributed by atoms with Crippen LogP contribution >= 0.6 is 22.7 Å². The minimum atomic E-state index is 1.23. The fourth-order valence-corrected chi connectivity index (χ4v) is 7.16. The van der Waals surface area contributed by atoms with E-state index in [9.17, 15) is 0 Å². The molecule has 5 rings (SSSR count). The monoisotopic (exact) mass is 458 g/mol. The van der Waals surface area contributed by atoms with Crippen LogP contribution in [0.3, 0.4) is 0 Å². The van der Waals surface area contributed by atoms with Crippen LogP contribution in [-0.2, 0) is 12.8 Å². The molecule has 0 nitrogen and oxygen atoms in total. The molecule has 32 heavy (non-hydrogen) atoms. The van der Waals surface area contributed by atoms with E-state index in [1.807, 2.05) is 22.7 Å². The number of unbranched alkanes of at least 4 members (excludes halogenated alkanes) is 6. The smallest absolute Gasteiger partial charge is 0.0352 e. The van der Waals surface area contributed by atoms with Gasteiger partial charge >= 0.3 is 0 Å². The number of rotatable bonds is 10. The Kier molecular flexibility index (Phi) is 6.80. The molecule has 2 aromatic heterocycles. The molecule has 3 aromatic carbocycles. The van der Waals surface area contributed by atoms with Gasteiger partial charge in [-0.15, -0.1) is 22.7 Å². The fraction of sp³-hybridized carbons (Fsp3) is 0.400. The number of benzene rings is 3. The zero-order chi connectivity index (χ0) is 21.9. The van der Waals surface area contributed by atoms with Crippen LogP contribution in [0, 0.1) is 0 Å². The molecule has 0 unspecified atom stereocenters. The standard InChI is InChI=1S/C30H34S2/c1-3-5-7-9-11-27-17-25-15-21-13-24-20-30-26(18-28(32-30)12-10-8-6-4-2)16-22(24)14-23(21)19-29(25)31-27/h13-20H,3-12H2,1-2H3. The van der Waals surface area contributed by atoms with Gasteiger partial charge in [0.25, 0.3) is 0 Å². The second kappa shape index (κ2) is 9.93. The highest BCUT2D eigenvalue weighted by Gasteiger charge is 2.08. The first kappa shape index (κ1) is 21.9. The SMILES string of the molecule is CCCCCCc1cc2cc3cc4cc5sc(CCCCCC)cc5cc4cc3cc2s1. The van der Waals surface area contributed by atoms with Gasteiger partial charge in [0.1, 0.15) is 0 Å². The molecule has 0 aliphatic rings. The summed E-state index contributed by atoms with van der Waals surface area (Å²) in [6.45, 7) is 4.57. The van der Waals surface area contributed by atoms with Crippen LogP contribution in [0.4, 0.5) is 0 Å². The van der Waals surface area contributed by atoms with E-state index >= 15 is 0 Å². The molecule has 0 N–H and O–H groups in total. The summed E-state index contributed by atoms with van der Waals surface area (Å²) in [4.78, 5) is 3.09. The van der Waals surface area contributed by atoms with Crippen LogP contribution in [0.1, 0.15) is 75.0 Å². The van der Waals surface area contributed by atoms with Crippen LogP contribution in [0.15, 0.2) is 48.5 Å². The lowest BCUT2D eigenvalue weighted by Gasteiger charge is -2.04. The fourth-order valence-electron chi connectivity index (χ4n) is 4.88. The average molecular weight is 459 g/mol. The largest absolute Gasteiger partial charge is 0.140 e. The molecule has 0 spiro atoms. The second-order valence-corrected chi connectivity index (χ2v) is 11.7. The second-order valence-electron chi connectivity index (χ2n) is 9.37. The maximum Gasteiger partial charge on any atom is 0.0352 e. The van der Waals surface area contributed by atoms with Gasteiger partial charge in [-0.1, -0.05) is 52.4 Å². The average Bonchev–Trinajstić information content (AvgIpc) is 3.37. The highest BCUT2D eigenvalue weighted by atomic mass is 32.1. The van der Waals surface area contributed by atoms with E-state index in [1.165, 1.54) is 106 Å². The zero-order valence-electron chi connectivity index (χ0n) is 19.5. The maximum absolute atomic E-state index is 2.43. The molecule has 0 aliphatic carbocycles. The Morgan fingerprint density at radius 2 is 0.844 bits per heavy atom. The molecule has 0 saturated heterocycles. The molecule has 0 saturated carbocycles. The number of thiophene rings is 2. The topological polar surface area (TPSA) is 0 Å². The predicted molar refractivity (Wildman–Crippen MR) is 148 cm³/mol. The van der Waals surface area contributed by atoms with Crippen molar-refractivity contribution in [2.75, 3.05) is 0 Å². The molecule has 0 atom stereocenters. The summed E-state index contributed by atoms with van der Waals surface area (Å²) in [5.74, 6) is 0. The summed E-state index contributed by atoms with van der Waals surface area (Å²) in [6.07, 6.45) is 13.2. The van der Waals surface area contributed by atoms with Crippen molar-refractivity contribution in [3.05, 3.63) is 58.3 Å². The zero-order valence-corrected chi connectivity index (χ0v) is 21.1. The van der Waals surface area contributed by atoms with Gasteiger partial charge in [0.15, 0.2) is 0 Å². The van der Waals surface area contributed by atoms with Gasteiger partial charge in [-0.3, -0.25) is 0 Å². The normalized spacial score (nSPS) is 12.1. The Morgan fingerprint density at radius 1 is 0.438 bits per heavy atom. The summed E-state index contributed by atoms with van der Waals surface area (Å²) in [5, 5.41) is 8.32. The third-order valence-corrected chi connectivity index (χ3v) is 9.04. The Hall–Kier alpha value is -1.90. The Morgan fingerprint density at radius 3 is 1.28 bits per heavy atom. The third kappa shape index (κ3) is 4.72. The van der Waals surface area contributed by atoms with Crippen LogP contribution in [0.25, 0.3) is 41.7 Å². The van der Waals surface area contributed by atoms with E-state index in [-0.39, 0.29) is 0 Å². The highest BCUT2D eigenvalue weighted by molar-refractivity contribution is 7.19. The van der Waals surface area contributed by atoms with Gasteiger partial charge in [0, 0.05) is 19.2 Å². The summed E-state index contributed by atoms with van der Waals surface area (Å²) < 4.78 is 2.88. The van der Waals surface area contributed by atoms with Crippen molar-refractivity contribution in [3.63, 3.8) is 0 Å². The molecular weight excluding hydrogens is 424 g/mol. The first-order valence-electron chi connectivity index (χ1n) is 12.6. The summed E-state index contributed by atoms with van der Waals surface area (Å²) >= 11 is 3.99. The third-order valence-electron chi connectivity index (χ3n) is 6.72. The lowest BCUT2D eigenvalue weighted by molar-refractivity contribution is 0.670. The van der Waals surface area contributed by atoms with Crippen molar-refractivity contribution < 1.29 is 0 Å². The van der Waals surface area contributed by atoms with Gasteiger partial charge in [-0.25, -0.2) is 0 Å². The van der Waals surface area contributed by atoms with E-state index in [0.717, 1.165) is 0 Å². The van der Waals surface area contributed by atoms with Crippen LogP contribution in [-0.4, -0.2) is 0 Å². The van der Waals surface area contributed by atoms with Crippen molar-refractivity contribution in [2.24, 2.45) is 0 Å². The minimum absolute atomic E-state index is 1.23. The maximum atomic E-state index is 2.43. The van der Waals surface area contributed by atoms with E-state index in [2.05, 4.69) is 62.4 Å². The molecule has 5 aromatic rings. The molecule has 2 heteroatoms. The summed E-state index contributed by atoms with van der Waals surface area (Å²) in [5.41, 5.74) is 0. The van der Waals surface area contributed by atoms with Gasteiger partial charge in [-0.05, 0) is 107 Å². The Labute approximate surface area is 200 Å². The van der Waals surface area contributed by atoms with Gasteiger partial charge in [0.2, 0.25) is 0 Å². The van der Waals surface area contributed by atoms with E-state index in [4.69, 9.17) is 0 Å². The number of hydrogen-bond donors (Lipinski definition) is 0. The van der Waals surface area contributed by atoms with Crippen molar-refractivity contribution in [1.29, 1.82) is 0 Å². The molecule has 0 aliphatic heterocycles. The van der Waals surface area contributed by atoms with Crippen molar-refractivity contribution >= 4 is 64.4 Å². The molecule has 0 bridgehead atoms. The van der Waals surface area contributed by atoms with Crippen molar-refractivity contribution in [1.82, 2.24) is 0 Å². The van der Waals surface area contributed by atoms with E-state index < -0.39 is 0 Å².